The maximum atomic E-state index is 12.2. The number of hydrogen-bond acceptors (Lipinski definition) is 4. The Kier molecular flexibility index (Phi) is 2.86. The molecule has 3 rings (SSSR count). The van der Waals surface area contributed by atoms with Crippen LogP contribution in [0.4, 0.5) is 0 Å². The van der Waals surface area contributed by atoms with Gasteiger partial charge in [-0.05, 0) is 26.7 Å². The highest BCUT2D eigenvalue weighted by atomic mass is 16.5. The average molecular weight is 249 g/mol. The Bertz CT molecular complexity index is 475. The molecule has 1 aromatic heterocycles. The molecule has 5 nitrogen and oxygen atoms in total. The lowest BCUT2D eigenvalue weighted by Crippen LogP contribution is -2.30. The number of imidazole rings is 1. The smallest absolute Gasteiger partial charge is 0.357 e. The van der Waals surface area contributed by atoms with Gasteiger partial charge in [0.25, 0.3) is 0 Å². The summed E-state index contributed by atoms with van der Waals surface area (Å²) in [6, 6.07) is 0. The number of ether oxygens (including phenoxy) is 1. The first-order valence-electron chi connectivity index (χ1n) is 6.68. The number of carbonyl (C=O) groups excluding carboxylic acids is 1. The molecular formula is C13H19N3O2. The molecule has 0 saturated heterocycles. The van der Waals surface area contributed by atoms with E-state index < -0.39 is 0 Å². The number of nitrogens with one attached hydrogen (secondary N) is 1. The van der Waals surface area contributed by atoms with Gasteiger partial charge >= 0.3 is 5.97 Å². The van der Waals surface area contributed by atoms with Gasteiger partial charge < -0.3 is 14.6 Å². The lowest BCUT2D eigenvalue weighted by molar-refractivity contribution is 0.0362. The molecule has 0 amide bonds. The molecule has 1 aromatic rings. The third-order valence-electron chi connectivity index (χ3n) is 3.37. The standard InChI is InChI=1S/C13H19N3O2/c1-8(2)18-13(17)12-11(9-3-4-9)15-10-7-14-5-6-16(10)12/h8-9,14H,3-7H2,1-2H3. The lowest BCUT2D eigenvalue weighted by Gasteiger charge is -2.17. The van der Waals surface area contributed by atoms with Gasteiger partial charge in [-0.1, -0.05) is 0 Å². The van der Waals surface area contributed by atoms with E-state index in [0.717, 1.165) is 44.0 Å². The topological polar surface area (TPSA) is 56.1 Å². The summed E-state index contributed by atoms with van der Waals surface area (Å²) in [4.78, 5) is 16.9. The molecule has 98 valence electrons. The zero-order valence-corrected chi connectivity index (χ0v) is 10.9. The number of esters is 1. The fraction of sp³-hybridized carbons (Fsp3) is 0.692. The summed E-state index contributed by atoms with van der Waals surface area (Å²) in [6.45, 7) is 6.19. The normalized spacial score (nSPS) is 18.8. The van der Waals surface area contributed by atoms with Crippen molar-refractivity contribution < 1.29 is 9.53 Å². The Morgan fingerprint density at radius 2 is 2.28 bits per heavy atom. The van der Waals surface area contributed by atoms with Gasteiger partial charge in [0, 0.05) is 19.0 Å². The van der Waals surface area contributed by atoms with Crippen molar-refractivity contribution in [1.82, 2.24) is 14.9 Å². The molecule has 1 aliphatic carbocycles. The largest absolute Gasteiger partial charge is 0.458 e. The quantitative estimate of drug-likeness (QED) is 0.823. The minimum absolute atomic E-state index is 0.0857. The Balaban J connectivity index is 1.99. The van der Waals surface area contributed by atoms with E-state index in [0.29, 0.717) is 11.6 Å². The molecule has 1 aliphatic heterocycles. The monoisotopic (exact) mass is 249 g/mol. The molecule has 5 heteroatoms. The highest BCUT2D eigenvalue weighted by molar-refractivity contribution is 5.89. The molecule has 1 fully saturated rings. The Morgan fingerprint density at radius 1 is 1.50 bits per heavy atom. The molecule has 0 unspecified atom stereocenters. The third-order valence-corrected chi connectivity index (χ3v) is 3.37. The molecule has 0 bridgehead atoms. The summed E-state index contributed by atoms with van der Waals surface area (Å²) < 4.78 is 7.40. The van der Waals surface area contributed by atoms with Crippen LogP contribution in [0.2, 0.25) is 0 Å². The highest BCUT2D eigenvalue weighted by Gasteiger charge is 2.35. The fourth-order valence-corrected chi connectivity index (χ4v) is 2.41. The molecule has 1 saturated carbocycles. The van der Waals surface area contributed by atoms with Crippen LogP contribution in [0.1, 0.15) is 54.6 Å². The van der Waals surface area contributed by atoms with Crippen LogP contribution < -0.4 is 5.32 Å². The summed E-state index contributed by atoms with van der Waals surface area (Å²) in [5.41, 5.74) is 1.65. The van der Waals surface area contributed by atoms with Crippen molar-refractivity contribution in [2.45, 2.75) is 51.8 Å². The van der Waals surface area contributed by atoms with Gasteiger partial charge in [0.1, 0.15) is 5.82 Å². The van der Waals surface area contributed by atoms with Gasteiger partial charge in [-0.2, -0.15) is 0 Å². The van der Waals surface area contributed by atoms with Gasteiger partial charge in [-0.3, -0.25) is 0 Å². The van der Waals surface area contributed by atoms with Gasteiger partial charge in [-0.15, -0.1) is 0 Å². The first-order chi connectivity index (χ1) is 8.66. The van der Waals surface area contributed by atoms with E-state index in [-0.39, 0.29) is 12.1 Å². The van der Waals surface area contributed by atoms with Crippen molar-refractivity contribution in [1.29, 1.82) is 0 Å². The molecule has 0 spiro atoms. The second kappa shape index (κ2) is 4.39. The minimum Gasteiger partial charge on any atom is -0.458 e. The molecule has 0 aromatic carbocycles. The zero-order chi connectivity index (χ0) is 12.7. The number of aromatic nitrogens is 2. The number of nitrogens with zero attached hydrogens (tertiary/aromatic N) is 2. The van der Waals surface area contributed by atoms with E-state index in [2.05, 4.69) is 10.3 Å². The Hall–Kier alpha value is -1.36. The van der Waals surface area contributed by atoms with Gasteiger partial charge in [-0.25, -0.2) is 9.78 Å². The van der Waals surface area contributed by atoms with Crippen molar-refractivity contribution in [2.24, 2.45) is 0 Å². The van der Waals surface area contributed by atoms with Crippen molar-refractivity contribution in [3.8, 4) is 0 Å². The predicted octanol–water partition coefficient (Wildman–Crippen LogP) is 1.43. The molecule has 1 N–H and O–H groups in total. The Morgan fingerprint density at radius 3 is 2.94 bits per heavy atom. The summed E-state index contributed by atoms with van der Waals surface area (Å²) in [7, 11) is 0. The van der Waals surface area contributed by atoms with Crippen molar-refractivity contribution >= 4 is 5.97 Å². The van der Waals surface area contributed by atoms with E-state index in [4.69, 9.17) is 4.74 Å². The zero-order valence-electron chi connectivity index (χ0n) is 10.9. The van der Waals surface area contributed by atoms with Crippen LogP contribution in [0.3, 0.4) is 0 Å². The lowest BCUT2D eigenvalue weighted by atomic mass is 10.2. The van der Waals surface area contributed by atoms with Crippen LogP contribution in [0.5, 0.6) is 0 Å². The molecule has 0 atom stereocenters. The predicted molar refractivity (Wildman–Crippen MR) is 66.5 cm³/mol. The third kappa shape index (κ3) is 2.03. The van der Waals surface area contributed by atoms with Gasteiger partial charge in [0.2, 0.25) is 0 Å². The molecule has 2 aliphatic rings. The van der Waals surface area contributed by atoms with Crippen molar-refractivity contribution in [3.05, 3.63) is 17.2 Å². The number of rotatable bonds is 3. The van der Waals surface area contributed by atoms with Gasteiger partial charge in [0.15, 0.2) is 5.69 Å². The van der Waals surface area contributed by atoms with Crippen LogP contribution in [0.15, 0.2) is 0 Å². The second-order valence-corrected chi connectivity index (χ2v) is 5.32. The van der Waals surface area contributed by atoms with E-state index in [9.17, 15) is 4.79 Å². The second-order valence-electron chi connectivity index (χ2n) is 5.32. The molecular weight excluding hydrogens is 230 g/mol. The summed E-state index contributed by atoms with van der Waals surface area (Å²) >= 11 is 0. The minimum atomic E-state index is -0.215. The van der Waals surface area contributed by atoms with Crippen LogP contribution in [0, 0.1) is 0 Å². The number of fused-ring (bicyclic) bond motifs is 1. The fourth-order valence-electron chi connectivity index (χ4n) is 2.41. The van der Waals surface area contributed by atoms with Crippen LogP contribution in [-0.4, -0.2) is 28.2 Å². The van der Waals surface area contributed by atoms with Crippen molar-refractivity contribution in [2.75, 3.05) is 6.54 Å². The SMILES string of the molecule is CC(C)OC(=O)c1c(C2CC2)nc2n1CCNC2. The van der Waals surface area contributed by atoms with Gasteiger partial charge in [0.05, 0.1) is 18.3 Å². The van der Waals surface area contributed by atoms with E-state index in [1.807, 2.05) is 18.4 Å². The maximum absolute atomic E-state index is 12.2. The molecule has 2 heterocycles. The highest BCUT2D eigenvalue weighted by Crippen LogP contribution is 2.41. The van der Waals surface area contributed by atoms with Crippen molar-refractivity contribution in [3.63, 3.8) is 0 Å². The van der Waals surface area contributed by atoms with E-state index >= 15 is 0 Å². The van der Waals surface area contributed by atoms with Crippen LogP contribution >= 0.6 is 0 Å². The van der Waals surface area contributed by atoms with Crippen LogP contribution in [-0.2, 0) is 17.8 Å². The van der Waals surface area contributed by atoms with E-state index in [1.165, 1.54) is 0 Å². The average Bonchev–Trinajstić information content (AvgIpc) is 3.08. The first kappa shape index (κ1) is 11.7. The Labute approximate surface area is 107 Å². The first-order valence-corrected chi connectivity index (χ1v) is 6.68. The molecule has 0 radical (unpaired) electrons. The number of hydrogen-bond donors (Lipinski definition) is 1. The summed E-state index contributed by atoms with van der Waals surface area (Å²) in [6.07, 6.45) is 2.20. The maximum Gasteiger partial charge on any atom is 0.357 e. The summed E-state index contributed by atoms with van der Waals surface area (Å²) in [5, 5.41) is 3.29. The summed E-state index contributed by atoms with van der Waals surface area (Å²) in [5.74, 6) is 1.23. The molecule has 18 heavy (non-hydrogen) atoms. The van der Waals surface area contributed by atoms with Crippen LogP contribution in [0.25, 0.3) is 0 Å². The van der Waals surface area contributed by atoms with E-state index in [1.54, 1.807) is 0 Å². The number of carbonyl (C=O) groups is 1.